The molecule has 4 rings (SSSR count). The van der Waals surface area contributed by atoms with Crippen molar-refractivity contribution >= 4 is 10.1 Å². The van der Waals surface area contributed by atoms with E-state index in [1.807, 2.05) is 91.0 Å². The zero-order chi connectivity index (χ0) is 26.1. The van der Waals surface area contributed by atoms with Crippen LogP contribution in [0.2, 0.25) is 0 Å². The summed E-state index contributed by atoms with van der Waals surface area (Å²) in [5.74, 6) is 0. The van der Waals surface area contributed by atoms with Crippen LogP contribution >= 0.6 is 0 Å². The van der Waals surface area contributed by atoms with Gasteiger partial charge in [0, 0.05) is 0 Å². The summed E-state index contributed by atoms with van der Waals surface area (Å²) in [4.78, 5) is 0. The number of hydrogen-bond acceptors (Lipinski definition) is 8. The maximum absolute atomic E-state index is 11.7. The molecule has 0 aliphatic carbocycles. The highest BCUT2D eigenvalue weighted by Crippen LogP contribution is 2.30. The summed E-state index contributed by atoms with van der Waals surface area (Å²) in [5, 5.41) is 10.9. The van der Waals surface area contributed by atoms with E-state index in [2.05, 4.69) is 0 Å². The standard InChI is InChI=1S/C28H32O8S/c1-37(30,31)35-20-24-25(32-17-21-11-5-2-6-12-21)26(33-18-22-13-7-3-8-14-22)27(28(29)36-24)34-19-23-15-9-4-10-16-23/h2-16,24-29H,17-20H2,1H3/t24-,25?,26+,27+,28?/m0/s1. The van der Waals surface area contributed by atoms with E-state index in [0.29, 0.717) is 0 Å². The highest BCUT2D eigenvalue weighted by molar-refractivity contribution is 7.85. The molecule has 0 spiro atoms. The molecule has 0 aromatic heterocycles. The van der Waals surface area contributed by atoms with Gasteiger partial charge in [-0.1, -0.05) is 91.0 Å². The Morgan fingerprint density at radius 1 is 0.676 bits per heavy atom. The third-order valence-electron chi connectivity index (χ3n) is 5.91. The van der Waals surface area contributed by atoms with Crippen LogP contribution in [-0.4, -0.2) is 57.1 Å². The summed E-state index contributed by atoms with van der Waals surface area (Å²) in [6, 6.07) is 28.7. The Bertz CT molecular complexity index is 1170. The van der Waals surface area contributed by atoms with Crippen molar-refractivity contribution < 1.29 is 36.7 Å². The second-order valence-corrected chi connectivity index (χ2v) is 10.5. The molecule has 0 bridgehead atoms. The first-order valence-corrected chi connectivity index (χ1v) is 13.9. The minimum Gasteiger partial charge on any atom is -0.368 e. The molecule has 1 heterocycles. The lowest BCUT2D eigenvalue weighted by atomic mass is 9.98. The molecule has 0 saturated carbocycles. The van der Waals surface area contributed by atoms with Gasteiger partial charge in [0.25, 0.3) is 10.1 Å². The van der Waals surface area contributed by atoms with Crippen molar-refractivity contribution in [3.05, 3.63) is 108 Å². The minimum atomic E-state index is -3.75. The highest BCUT2D eigenvalue weighted by Gasteiger charge is 2.48. The molecule has 3 aromatic rings. The van der Waals surface area contributed by atoms with E-state index in [1.54, 1.807) is 0 Å². The average Bonchev–Trinajstić information content (AvgIpc) is 2.90. The molecule has 9 heteroatoms. The first-order valence-electron chi connectivity index (χ1n) is 12.0. The van der Waals surface area contributed by atoms with E-state index in [9.17, 15) is 13.5 Å². The van der Waals surface area contributed by atoms with E-state index in [4.69, 9.17) is 23.1 Å². The molecule has 0 radical (unpaired) electrons. The van der Waals surface area contributed by atoms with E-state index in [0.717, 1.165) is 22.9 Å². The van der Waals surface area contributed by atoms with Crippen molar-refractivity contribution in [3.63, 3.8) is 0 Å². The van der Waals surface area contributed by atoms with Crippen LogP contribution in [0.5, 0.6) is 0 Å². The lowest BCUT2D eigenvalue weighted by Gasteiger charge is -2.44. The smallest absolute Gasteiger partial charge is 0.264 e. The molecule has 1 saturated heterocycles. The molecule has 1 aliphatic heterocycles. The van der Waals surface area contributed by atoms with Crippen molar-refractivity contribution in [2.24, 2.45) is 0 Å². The third-order valence-corrected chi connectivity index (χ3v) is 6.48. The van der Waals surface area contributed by atoms with E-state index >= 15 is 0 Å². The van der Waals surface area contributed by atoms with Gasteiger partial charge in [-0.2, -0.15) is 8.42 Å². The van der Waals surface area contributed by atoms with Crippen LogP contribution < -0.4 is 0 Å². The van der Waals surface area contributed by atoms with Crippen LogP contribution in [0.15, 0.2) is 91.0 Å². The Morgan fingerprint density at radius 2 is 1.08 bits per heavy atom. The van der Waals surface area contributed by atoms with Crippen molar-refractivity contribution in [3.8, 4) is 0 Å². The molecule has 198 valence electrons. The van der Waals surface area contributed by atoms with Crippen LogP contribution in [0.25, 0.3) is 0 Å². The molecule has 37 heavy (non-hydrogen) atoms. The Balaban J connectivity index is 1.58. The van der Waals surface area contributed by atoms with Crippen LogP contribution in [0, 0.1) is 0 Å². The molecule has 1 fully saturated rings. The SMILES string of the molecule is CS(=O)(=O)OC[C@@H]1OC(O)[C@H](OCc2ccccc2)[C@H](OCc2ccccc2)C1OCc1ccccc1. The van der Waals surface area contributed by atoms with Gasteiger partial charge in [0.15, 0.2) is 6.29 Å². The van der Waals surface area contributed by atoms with Crippen LogP contribution in [0.4, 0.5) is 0 Å². The largest absolute Gasteiger partial charge is 0.368 e. The second kappa shape index (κ2) is 13.3. The lowest BCUT2D eigenvalue weighted by Crippen LogP contribution is -2.61. The number of ether oxygens (including phenoxy) is 4. The molecule has 1 N–H and O–H groups in total. The summed E-state index contributed by atoms with van der Waals surface area (Å²) in [5.41, 5.74) is 2.76. The highest BCUT2D eigenvalue weighted by atomic mass is 32.2. The van der Waals surface area contributed by atoms with E-state index in [-0.39, 0.29) is 26.4 Å². The van der Waals surface area contributed by atoms with Gasteiger partial charge in [-0.3, -0.25) is 4.18 Å². The number of aliphatic hydroxyl groups excluding tert-OH is 1. The predicted octanol–water partition coefficient (Wildman–Crippen LogP) is 3.44. The monoisotopic (exact) mass is 528 g/mol. The third kappa shape index (κ3) is 8.44. The van der Waals surface area contributed by atoms with Crippen LogP contribution in [0.3, 0.4) is 0 Å². The molecule has 3 aromatic carbocycles. The summed E-state index contributed by atoms with van der Waals surface area (Å²) in [6.07, 6.45) is -3.85. The minimum absolute atomic E-state index is 0.215. The fourth-order valence-electron chi connectivity index (χ4n) is 4.09. The summed E-state index contributed by atoms with van der Waals surface area (Å²) in [7, 11) is -3.75. The molecular formula is C28H32O8S. The van der Waals surface area contributed by atoms with Crippen LogP contribution in [0.1, 0.15) is 16.7 Å². The van der Waals surface area contributed by atoms with Gasteiger partial charge in [0.1, 0.15) is 24.4 Å². The number of aliphatic hydroxyl groups is 1. The fraction of sp³-hybridized carbons (Fsp3) is 0.357. The maximum Gasteiger partial charge on any atom is 0.264 e. The number of benzene rings is 3. The quantitative estimate of drug-likeness (QED) is 0.357. The normalized spacial score (nSPS) is 24.1. The van der Waals surface area contributed by atoms with Crippen LogP contribution in [-0.2, 0) is 53.1 Å². The van der Waals surface area contributed by atoms with Gasteiger partial charge < -0.3 is 24.1 Å². The Hall–Kier alpha value is -2.63. The first kappa shape index (κ1) is 27.4. The summed E-state index contributed by atoms with van der Waals surface area (Å²) >= 11 is 0. The summed E-state index contributed by atoms with van der Waals surface area (Å²) < 4.78 is 53.0. The van der Waals surface area contributed by atoms with Gasteiger partial charge in [-0.05, 0) is 16.7 Å². The molecule has 5 atom stereocenters. The zero-order valence-corrected chi connectivity index (χ0v) is 21.4. The fourth-order valence-corrected chi connectivity index (χ4v) is 4.47. The second-order valence-electron chi connectivity index (χ2n) is 8.84. The van der Waals surface area contributed by atoms with Crippen molar-refractivity contribution in [1.82, 2.24) is 0 Å². The van der Waals surface area contributed by atoms with Gasteiger partial charge in [-0.15, -0.1) is 0 Å². The van der Waals surface area contributed by atoms with Gasteiger partial charge in [0.2, 0.25) is 0 Å². The van der Waals surface area contributed by atoms with Crippen molar-refractivity contribution in [1.29, 1.82) is 0 Å². The lowest BCUT2D eigenvalue weighted by molar-refractivity contribution is -0.314. The van der Waals surface area contributed by atoms with Crippen molar-refractivity contribution in [2.45, 2.75) is 50.5 Å². The van der Waals surface area contributed by atoms with Crippen molar-refractivity contribution in [2.75, 3.05) is 12.9 Å². The van der Waals surface area contributed by atoms with E-state index < -0.39 is 40.8 Å². The predicted molar refractivity (Wildman–Crippen MR) is 137 cm³/mol. The molecule has 0 amide bonds. The zero-order valence-electron chi connectivity index (χ0n) is 20.6. The molecular weight excluding hydrogens is 496 g/mol. The number of hydrogen-bond donors (Lipinski definition) is 1. The first-order chi connectivity index (χ1) is 17.9. The Labute approximate surface area is 217 Å². The average molecular weight is 529 g/mol. The van der Waals surface area contributed by atoms with Gasteiger partial charge in [0.05, 0.1) is 32.7 Å². The molecule has 8 nitrogen and oxygen atoms in total. The molecule has 2 unspecified atom stereocenters. The summed E-state index contributed by atoms with van der Waals surface area (Å²) in [6.45, 7) is 0.324. The Kier molecular flexibility index (Phi) is 9.81. The topological polar surface area (TPSA) is 101 Å². The number of rotatable bonds is 12. The molecule has 1 aliphatic rings. The Morgan fingerprint density at radius 3 is 1.51 bits per heavy atom. The van der Waals surface area contributed by atoms with Gasteiger partial charge in [-0.25, -0.2) is 0 Å². The van der Waals surface area contributed by atoms with Gasteiger partial charge >= 0.3 is 0 Å². The van der Waals surface area contributed by atoms with E-state index in [1.165, 1.54) is 0 Å². The maximum atomic E-state index is 11.7.